The summed E-state index contributed by atoms with van der Waals surface area (Å²) in [5, 5.41) is 19.0. The first-order valence-corrected chi connectivity index (χ1v) is 8.42. The lowest BCUT2D eigenvalue weighted by atomic mass is 9.72. The first kappa shape index (κ1) is 17.4. The number of nitrogens with zero attached hydrogens (tertiary/aromatic N) is 3. The van der Waals surface area contributed by atoms with Crippen LogP contribution in [0.4, 0.5) is 4.39 Å². The SMILES string of the molecule is CC(C)(C)CC(C)(C)c1ccc(O)c(-n2nc3ccc(F)cc3n2)c1. The van der Waals surface area contributed by atoms with E-state index in [0.717, 1.165) is 12.0 Å². The van der Waals surface area contributed by atoms with E-state index in [9.17, 15) is 9.50 Å². The van der Waals surface area contributed by atoms with Crippen molar-refractivity contribution >= 4 is 11.0 Å². The van der Waals surface area contributed by atoms with Gasteiger partial charge in [-0.15, -0.1) is 15.0 Å². The van der Waals surface area contributed by atoms with E-state index >= 15 is 0 Å². The normalized spacial score (nSPS) is 12.7. The smallest absolute Gasteiger partial charge is 0.143 e. The number of fused-ring (bicyclic) bond motifs is 1. The topological polar surface area (TPSA) is 50.9 Å². The molecule has 0 bridgehead atoms. The third-order valence-corrected chi connectivity index (χ3v) is 4.29. The molecular weight excluding hydrogens is 317 g/mol. The maximum atomic E-state index is 13.4. The lowest BCUT2D eigenvalue weighted by Gasteiger charge is -2.33. The summed E-state index contributed by atoms with van der Waals surface area (Å²) in [5.74, 6) is -0.264. The molecule has 0 aliphatic heterocycles. The largest absolute Gasteiger partial charge is 0.506 e. The van der Waals surface area contributed by atoms with Gasteiger partial charge in [-0.1, -0.05) is 40.7 Å². The second-order valence-electron chi connectivity index (χ2n) is 8.45. The Morgan fingerprint density at radius 2 is 1.64 bits per heavy atom. The molecule has 0 unspecified atom stereocenters. The summed E-state index contributed by atoms with van der Waals surface area (Å²) in [7, 11) is 0. The summed E-state index contributed by atoms with van der Waals surface area (Å²) < 4.78 is 13.4. The molecule has 0 aliphatic carbocycles. The predicted molar refractivity (Wildman–Crippen MR) is 97.6 cm³/mol. The van der Waals surface area contributed by atoms with E-state index in [4.69, 9.17) is 0 Å². The highest BCUT2D eigenvalue weighted by Gasteiger charge is 2.28. The highest BCUT2D eigenvalue weighted by Crippen LogP contribution is 2.38. The summed E-state index contributed by atoms with van der Waals surface area (Å²) in [4.78, 5) is 1.37. The monoisotopic (exact) mass is 341 g/mol. The van der Waals surface area contributed by atoms with Crippen molar-refractivity contribution in [3.05, 3.63) is 47.8 Å². The minimum absolute atomic E-state index is 0.0701. The Morgan fingerprint density at radius 3 is 2.32 bits per heavy atom. The van der Waals surface area contributed by atoms with Crippen LogP contribution in [0.15, 0.2) is 36.4 Å². The number of halogens is 1. The van der Waals surface area contributed by atoms with Crippen molar-refractivity contribution in [2.75, 3.05) is 0 Å². The average molecular weight is 341 g/mol. The summed E-state index contributed by atoms with van der Waals surface area (Å²) in [5.41, 5.74) is 2.75. The molecule has 3 aromatic rings. The summed E-state index contributed by atoms with van der Waals surface area (Å²) in [6.45, 7) is 11.0. The van der Waals surface area contributed by atoms with Gasteiger partial charge in [0.25, 0.3) is 0 Å². The van der Waals surface area contributed by atoms with Crippen molar-refractivity contribution in [3.63, 3.8) is 0 Å². The number of benzene rings is 2. The van der Waals surface area contributed by atoms with E-state index in [1.807, 2.05) is 12.1 Å². The zero-order chi connectivity index (χ0) is 18.4. The number of phenols is 1. The molecule has 0 radical (unpaired) electrons. The standard InChI is InChI=1S/C20H24FN3O/c1-19(2,3)12-20(4,5)13-6-9-18(25)17(10-13)24-22-15-8-7-14(21)11-16(15)23-24/h6-11,25H,12H2,1-5H3. The molecule has 0 saturated heterocycles. The van der Waals surface area contributed by atoms with Gasteiger partial charge in [0.2, 0.25) is 0 Å². The lowest BCUT2D eigenvalue weighted by Crippen LogP contribution is -2.25. The van der Waals surface area contributed by atoms with Gasteiger partial charge in [0.1, 0.15) is 28.3 Å². The fraction of sp³-hybridized carbons (Fsp3) is 0.400. The van der Waals surface area contributed by atoms with Crippen LogP contribution in [0.25, 0.3) is 16.7 Å². The molecule has 0 saturated carbocycles. The van der Waals surface area contributed by atoms with Crippen LogP contribution in [-0.2, 0) is 5.41 Å². The Balaban J connectivity index is 2.07. The zero-order valence-electron chi connectivity index (χ0n) is 15.3. The number of rotatable bonds is 3. The fourth-order valence-corrected chi connectivity index (χ4v) is 3.53. The highest BCUT2D eigenvalue weighted by atomic mass is 19.1. The number of aromatic nitrogens is 3. The van der Waals surface area contributed by atoms with Crippen LogP contribution in [0, 0.1) is 11.2 Å². The second kappa shape index (κ2) is 5.83. The molecule has 5 heteroatoms. The predicted octanol–water partition coefficient (Wildman–Crippen LogP) is 4.98. The molecule has 1 heterocycles. The summed E-state index contributed by atoms with van der Waals surface area (Å²) >= 11 is 0. The van der Waals surface area contributed by atoms with E-state index < -0.39 is 0 Å². The Bertz CT molecular complexity index is 922. The average Bonchev–Trinajstić information content (AvgIpc) is 2.87. The van der Waals surface area contributed by atoms with Gasteiger partial charge in [-0.3, -0.25) is 0 Å². The molecule has 132 valence electrons. The van der Waals surface area contributed by atoms with Crippen molar-refractivity contribution < 1.29 is 9.50 Å². The molecule has 1 N–H and O–H groups in total. The Kier molecular flexibility index (Phi) is 4.06. The first-order valence-electron chi connectivity index (χ1n) is 8.42. The number of hydrogen-bond acceptors (Lipinski definition) is 3. The number of hydrogen-bond donors (Lipinski definition) is 1. The van der Waals surface area contributed by atoms with Crippen LogP contribution in [0.2, 0.25) is 0 Å². The van der Waals surface area contributed by atoms with Gasteiger partial charge in [-0.05, 0) is 47.1 Å². The zero-order valence-corrected chi connectivity index (χ0v) is 15.3. The molecule has 3 rings (SSSR count). The van der Waals surface area contributed by atoms with Crippen molar-refractivity contribution in [1.29, 1.82) is 0 Å². The van der Waals surface area contributed by atoms with Gasteiger partial charge >= 0.3 is 0 Å². The quantitative estimate of drug-likeness (QED) is 0.731. The molecular formula is C20H24FN3O. The number of phenolic OH excluding ortho intramolecular Hbond substituents is 1. The molecule has 1 aromatic heterocycles. The minimum atomic E-state index is -0.358. The first-order chi connectivity index (χ1) is 11.5. The molecule has 0 aliphatic rings. The van der Waals surface area contributed by atoms with E-state index in [1.54, 1.807) is 12.1 Å². The Labute approximate surface area is 147 Å². The van der Waals surface area contributed by atoms with Gasteiger partial charge in [0, 0.05) is 6.07 Å². The van der Waals surface area contributed by atoms with Gasteiger partial charge < -0.3 is 5.11 Å². The van der Waals surface area contributed by atoms with Crippen molar-refractivity contribution in [2.45, 2.75) is 46.5 Å². The van der Waals surface area contributed by atoms with Crippen molar-refractivity contribution in [3.8, 4) is 11.4 Å². The van der Waals surface area contributed by atoms with Crippen LogP contribution >= 0.6 is 0 Å². The molecule has 0 spiro atoms. The van der Waals surface area contributed by atoms with E-state index in [1.165, 1.54) is 16.9 Å². The van der Waals surface area contributed by atoms with E-state index in [2.05, 4.69) is 44.8 Å². The van der Waals surface area contributed by atoms with Gasteiger partial charge in [-0.25, -0.2) is 4.39 Å². The van der Waals surface area contributed by atoms with Crippen LogP contribution in [0.1, 0.15) is 46.6 Å². The van der Waals surface area contributed by atoms with Gasteiger partial charge in [0.15, 0.2) is 0 Å². The summed E-state index contributed by atoms with van der Waals surface area (Å²) in [6.07, 6.45) is 0.990. The molecule has 4 nitrogen and oxygen atoms in total. The summed E-state index contributed by atoms with van der Waals surface area (Å²) in [6, 6.07) is 9.79. The van der Waals surface area contributed by atoms with E-state index in [0.29, 0.717) is 16.7 Å². The lowest BCUT2D eigenvalue weighted by molar-refractivity contribution is 0.284. The Hall–Kier alpha value is -2.43. The van der Waals surface area contributed by atoms with Crippen LogP contribution in [0.3, 0.4) is 0 Å². The minimum Gasteiger partial charge on any atom is -0.506 e. The van der Waals surface area contributed by atoms with Gasteiger partial charge in [0.05, 0.1) is 0 Å². The van der Waals surface area contributed by atoms with Gasteiger partial charge in [-0.2, -0.15) is 0 Å². The molecule has 0 atom stereocenters. The molecule has 0 fully saturated rings. The molecule has 2 aromatic carbocycles. The van der Waals surface area contributed by atoms with Crippen LogP contribution in [0.5, 0.6) is 5.75 Å². The maximum absolute atomic E-state index is 13.4. The van der Waals surface area contributed by atoms with Crippen LogP contribution in [-0.4, -0.2) is 20.1 Å². The third-order valence-electron chi connectivity index (χ3n) is 4.29. The Morgan fingerprint density at radius 1 is 0.960 bits per heavy atom. The van der Waals surface area contributed by atoms with Crippen molar-refractivity contribution in [2.24, 2.45) is 5.41 Å². The van der Waals surface area contributed by atoms with Crippen molar-refractivity contribution in [1.82, 2.24) is 15.0 Å². The molecule has 25 heavy (non-hydrogen) atoms. The maximum Gasteiger partial charge on any atom is 0.143 e. The van der Waals surface area contributed by atoms with Crippen LogP contribution < -0.4 is 0 Å². The molecule has 0 amide bonds. The fourth-order valence-electron chi connectivity index (χ4n) is 3.53. The second-order valence-corrected chi connectivity index (χ2v) is 8.45. The highest BCUT2D eigenvalue weighted by molar-refractivity contribution is 5.74. The number of aromatic hydroxyl groups is 1. The third kappa shape index (κ3) is 3.65. The van der Waals surface area contributed by atoms with E-state index in [-0.39, 0.29) is 22.4 Å².